The molecule has 0 bridgehead atoms. The van der Waals surface area contributed by atoms with E-state index >= 15 is 0 Å². The van der Waals surface area contributed by atoms with Crippen LogP contribution in [0.15, 0.2) is 46.2 Å². The first-order valence-electron chi connectivity index (χ1n) is 11.7. The number of nitrogens with zero attached hydrogens (tertiary/aromatic N) is 3. The molecule has 2 aliphatic rings. The van der Waals surface area contributed by atoms with Gasteiger partial charge in [0.05, 0.1) is 23.9 Å². The fourth-order valence-electron chi connectivity index (χ4n) is 5.45. The Kier molecular flexibility index (Phi) is 7.94. The Morgan fingerprint density at radius 3 is 2.83 bits per heavy atom. The molecule has 8 nitrogen and oxygen atoms in total. The van der Waals surface area contributed by atoms with Crippen LogP contribution in [0.2, 0.25) is 0 Å². The van der Waals surface area contributed by atoms with Gasteiger partial charge in [0.1, 0.15) is 16.2 Å². The molecule has 1 saturated heterocycles. The summed E-state index contributed by atoms with van der Waals surface area (Å²) in [4.78, 5) is 35.2. The number of likely N-dealkylation sites (tertiary alicyclic amines) is 1. The van der Waals surface area contributed by atoms with Crippen molar-refractivity contribution in [2.24, 2.45) is 5.92 Å². The molecule has 11 heteroatoms. The molecule has 6 rings (SSSR count). The van der Waals surface area contributed by atoms with E-state index in [0.717, 1.165) is 60.7 Å². The molecular weight excluding hydrogens is 523 g/mol. The first-order valence-corrected chi connectivity index (χ1v) is 12.5. The van der Waals surface area contributed by atoms with Crippen LogP contribution in [0.25, 0.3) is 20.3 Å². The lowest BCUT2D eigenvalue weighted by atomic mass is 9.86. The molecule has 4 aromatic rings. The summed E-state index contributed by atoms with van der Waals surface area (Å²) in [6, 6.07) is 7.84. The summed E-state index contributed by atoms with van der Waals surface area (Å²) >= 11 is 1.38. The van der Waals surface area contributed by atoms with Crippen molar-refractivity contribution in [1.29, 1.82) is 0 Å². The van der Waals surface area contributed by atoms with Crippen molar-refractivity contribution < 1.29 is 9.47 Å². The molecule has 0 aliphatic carbocycles. The monoisotopic (exact) mass is 550 g/mol. The van der Waals surface area contributed by atoms with Crippen LogP contribution in [-0.4, -0.2) is 52.8 Å². The number of H-pyrrole nitrogens is 1. The van der Waals surface area contributed by atoms with Gasteiger partial charge < -0.3 is 19.4 Å². The van der Waals surface area contributed by atoms with Crippen LogP contribution >= 0.6 is 36.2 Å². The van der Waals surface area contributed by atoms with E-state index in [9.17, 15) is 9.59 Å². The number of methoxy groups -OCH3 is 1. The second kappa shape index (κ2) is 10.8. The van der Waals surface area contributed by atoms with Crippen LogP contribution < -0.4 is 20.7 Å². The van der Waals surface area contributed by atoms with Gasteiger partial charge in [0.25, 0.3) is 5.56 Å². The highest BCUT2D eigenvalue weighted by molar-refractivity contribution is 7.25. The average Bonchev–Trinajstić information content (AvgIpc) is 3.44. The molecule has 0 saturated carbocycles. The minimum Gasteiger partial charge on any atom is -0.496 e. The van der Waals surface area contributed by atoms with Gasteiger partial charge in [0.2, 0.25) is 0 Å². The lowest BCUT2D eigenvalue weighted by Crippen LogP contribution is -2.34. The highest BCUT2D eigenvalue weighted by Gasteiger charge is 2.40. The number of aromatic nitrogens is 3. The third-order valence-corrected chi connectivity index (χ3v) is 8.23. The van der Waals surface area contributed by atoms with Crippen LogP contribution in [0.3, 0.4) is 0 Å². The quantitative estimate of drug-likeness (QED) is 0.364. The van der Waals surface area contributed by atoms with Crippen molar-refractivity contribution in [2.45, 2.75) is 25.3 Å². The Bertz CT molecular complexity index is 1490. The summed E-state index contributed by atoms with van der Waals surface area (Å²) in [7, 11) is 1.71. The Labute approximate surface area is 224 Å². The van der Waals surface area contributed by atoms with Crippen molar-refractivity contribution in [3.8, 4) is 11.5 Å². The fourth-order valence-corrected chi connectivity index (χ4v) is 6.53. The number of nitrogens with one attached hydrogen (secondary N) is 1. The highest BCUT2D eigenvalue weighted by atomic mass is 35.5. The number of benzene rings is 1. The first kappa shape index (κ1) is 26.5. The van der Waals surface area contributed by atoms with Gasteiger partial charge in [0, 0.05) is 54.8 Å². The maximum absolute atomic E-state index is 13.0. The largest absolute Gasteiger partial charge is 0.496 e. The van der Waals surface area contributed by atoms with Crippen LogP contribution in [-0.2, 0) is 6.54 Å². The van der Waals surface area contributed by atoms with Gasteiger partial charge in [-0.1, -0.05) is 6.07 Å². The summed E-state index contributed by atoms with van der Waals surface area (Å²) in [5.74, 6) is 2.71. The predicted molar refractivity (Wildman–Crippen MR) is 147 cm³/mol. The molecule has 1 N–H and O–H groups in total. The van der Waals surface area contributed by atoms with Gasteiger partial charge in [-0.05, 0) is 37.6 Å². The van der Waals surface area contributed by atoms with Crippen molar-refractivity contribution in [3.63, 3.8) is 0 Å². The summed E-state index contributed by atoms with van der Waals surface area (Å²) in [6.45, 7) is 4.04. The molecule has 0 spiro atoms. The molecule has 0 amide bonds. The molecule has 3 aromatic heterocycles. The van der Waals surface area contributed by atoms with E-state index in [4.69, 9.17) is 9.47 Å². The Morgan fingerprint density at radius 2 is 2.00 bits per heavy atom. The van der Waals surface area contributed by atoms with Gasteiger partial charge in [-0.2, -0.15) is 0 Å². The van der Waals surface area contributed by atoms with Crippen molar-refractivity contribution >= 4 is 56.5 Å². The molecule has 2 aliphatic heterocycles. The zero-order valence-corrected chi connectivity index (χ0v) is 22.2. The predicted octanol–water partition coefficient (Wildman–Crippen LogP) is 4.04. The topological polar surface area (TPSA) is 89.5 Å². The average molecular weight is 551 g/mol. The van der Waals surface area contributed by atoms with Crippen molar-refractivity contribution in [3.05, 3.63) is 63.1 Å². The van der Waals surface area contributed by atoms with E-state index in [1.54, 1.807) is 19.5 Å². The van der Waals surface area contributed by atoms with Gasteiger partial charge in [-0.25, -0.2) is 4.79 Å². The zero-order valence-electron chi connectivity index (χ0n) is 19.8. The Balaban J connectivity index is 0.00000152. The van der Waals surface area contributed by atoms with E-state index < -0.39 is 0 Å². The number of halogens is 2. The van der Waals surface area contributed by atoms with Gasteiger partial charge in [0.15, 0.2) is 0 Å². The van der Waals surface area contributed by atoms with Gasteiger partial charge in [-0.3, -0.25) is 14.3 Å². The normalized spacial score (nSPS) is 18.7. The van der Waals surface area contributed by atoms with Crippen LogP contribution in [0.5, 0.6) is 11.5 Å². The number of rotatable bonds is 6. The second-order valence-corrected chi connectivity index (χ2v) is 10.1. The zero-order chi connectivity index (χ0) is 23.2. The molecule has 192 valence electrons. The first-order chi connectivity index (χ1) is 16.6. The SMILES string of the molecule is COc1cccc2c1[C@@H]1CN(CCCCn3c(=O)[nH]c4c(sc5cnccc54)c3=O)C[C@H]1CO2.Cl.Cl. The lowest BCUT2D eigenvalue weighted by Gasteiger charge is -2.29. The Hall–Kier alpha value is -2.59. The van der Waals surface area contributed by atoms with E-state index in [1.165, 1.54) is 21.5 Å². The number of ether oxygens (including phenoxy) is 2. The number of fused-ring (bicyclic) bond motifs is 6. The molecule has 2 atom stereocenters. The van der Waals surface area contributed by atoms with Gasteiger partial charge >= 0.3 is 5.69 Å². The summed E-state index contributed by atoms with van der Waals surface area (Å²) in [5, 5.41) is 0.869. The summed E-state index contributed by atoms with van der Waals surface area (Å²) < 4.78 is 14.4. The molecule has 1 fully saturated rings. The molecule has 0 unspecified atom stereocenters. The maximum Gasteiger partial charge on any atom is 0.328 e. The van der Waals surface area contributed by atoms with Crippen LogP contribution in [0.4, 0.5) is 0 Å². The lowest BCUT2D eigenvalue weighted by molar-refractivity contribution is 0.209. The summed E-state index contributed by atoms with van der Waals surface area (Å²) in [6.07, 6.45) is 5.09. The van der Waals surface area contributed by atoms with E-state index in [1.807, 2.05) is 24.3 Å². The molecular formula is C25H28Cl2N4O4S. The summed E-state index contributed by atoms with van der Waals surface area (Å²) in [5.41, 5.74) is 1.25. The van der Waals surface area contributed by atoms with E-state index in [2.05, 4.69) is 14.9 Å². The number of aromatic amines is 1. The molecule has 5 heterocycles. The molecule has 36 heavy (non-hydrogen) atoms. The van der Waals surface area contributed by atoms with Crippen LogP contribution in [0, 0.1) is 5.92 Å². The minimum absolute atomic E-state index is 0. The number of pyridine rings is 1. The maximum atomic E-state index is 13.0. The minimum atomic E-state index is -0.345. The number of hydrogen-bond donors (Lipinski definition) is 1. The van der Waals surface area contributed by atoms with E-state index in [-0.39, 0.29) is 36.1 Å². The third kappa shape index (κ3) is 4.49. The number of thiophene rings is 1. The third-order valence-electron chi connectivity index (χ3n) is 7.10. The van der Waals surface area contributed by atoms with E-state index in [0.29, 0.717) is 28.6 Å². The second-order valence-electron chi connectivity index (χ2n) is 9.08. The number of unbranched alkanes of at least 4 members (excludes halogenated alkanes) is 1. The van der Waals surface area contributed by atoms with Crippen LogP contribution in [0.1, 0.15) is 24.3 Å². The fraction of sp³-hybridized carbons (Fsp3) is 0.400. The highest BCUT2D eigenvalue weighted by Crippen LogP contribution is 2.46. The number of hydrogen-bond acceptors (Lipinski definition) is 7. The smallest absolute Gasteiger partial charge is 0.328 e. The van der Waals surface area contributed by atoms with Crippen molar-refractivity contribution in [2.75, 3.05) is 33.4 Å². The molecule has 1 aromatic carbocycles. The Morgan fingerprint density at radius 1 is 1.17 bits per heavy atom. The standard InChI is InChI=1S/C25H26N4O4S.2ClH/c1-32-18-5-4-6-19-21(18)17-13-28(12-15(17)14-33-19)9-2-3-10-29-24(30)23-22(27-25(29)31)16-7-8-26-11-20(16)34-23;;/h4-8,11,15,17H,2-3,9-10,12-14H2,1H3,(H,27,31);2*1H/t15-,17+;;/m0../s1. The van der Waals surface area contributed by atoms with Gasteiger partial charge in [-0.15, -0.1) is 36.2 Å². The van der Waals surface area contributed by atoms with Crippen molar-refractivity contribution in [1.82, 2.24) is 19.4 Å². The molecule has 0 radical (unpaired) electrons.